The van der Waals surface area contributed by atoms with Crippen LogP contribution in [-0.2, 0) is 0 Å². The Hall–Kier alpha value is -0.770. The highest BCUT2D eigenvalue weighted by Crippen LogP contribution is 2.28. The van der Waals surface area contributed by atoms with Crippen molar-refractivity contribution in [1.29, 1.82) is 0 Å². The van der Waals surface area contributed by atoms with Gasteiger partial charge in [-0.1, -0.05) is 0 Å². The van der Waals surface area contributed by atoms with E-state index in [2.05, 4.69) is 25.8 Å². The van der Waals surface area contributed by atoms with E-state index in [9.17, 15) is 0 Å². The molecular formula is C10H14BrN3. The minimum absolute atomic E-state index is 0.591. The second-order valence-electron chi connectivity index (χ2n) is 3.61. The second-order valence-corrected chi connectivity index (χ2v) is 4.46. The minimum atomic E-state index is 0.591. The van der Waals surface area contributed by atoms with Crippen molar-refractivity contribution in [3.05, 3.63) is 16.7 Å². The van der Waals surface area contributed by atoms with E-state index in [1.807, 2.05) is 6.07 Å². The van der Waals surface area contributed by atoms with Crippen molar-refractivity contribution in [1.82, 2.24) is 4.98 Å². The van der Waals surface area contributed by atoms with E-state index in [-0.39, 0.29) is 0 Å². The van der Waals surface area contributed by atoms with E-state index in [1.165, 1.54) is 24.9 Å². The van der Waals surface area contributed by atoms with Gasteiger partial charge >= 0.3 is 0 Å². The highest BCUT2D eigenvalue weighted by molar-refractivity contribution is 9.10. The van der Waals surface area contributed by atoms with Gasteiger partial charge in [0.25, 0.3) is 0 Å². The molecule has 0 aliphatic carbocycles. The van der Waals surface area contributed by atoms with Crippen LogP contribution in [0.4, 0.5) is 11.5 Å². The number of nitrogen functional groups attached to an aromatic ring is 1. The van der Waals surface area contributed by atoms with Crippen LogP contribution in [0, 0.1) is 0 Å². The summed E-state index contributed by atoms with van der Waals surface area (Å²) >= 11 is 3.51. The maximum absolute atomic E-state index is 5.68. The summed E-state index contributed by atoms with van der Waals surface area (Å²) in [4.78, 5) is 6.41. The van der Waals surface area contributed by atoms with Crippen LogP contribution in [-0.4, -0.2) is 18.1 Å². The predicted molar refractivity (Wildman–Crippen MR) is 62.4 cm³/mol. The molecular weight excluding hydrogens is 242 g/mol. The number of nitrogens with zero attached hydrogens (tertiary/aromatic N) is 2. The summed E-state index contributed by atoms with van der Waals surface area (Å²) < 4.78 is 1.04. The van der Waals surface area contributed by atoms with E-state index in [4.69, 9.17) is 5.73 Å². The molecule has 14 heavy (non-hydrogen) atoms. The molecule has 2 N–H and O–H groups in total. The molecule has 0 atom stereocenters. The van der Waals surface area contributed by atoms with Gasteiger partial charge in [-0.2, -0.15) is 0 Å². The smallest absolute Gasteiger partial charge is 0.125 e. The van der Waals surface area contributed by atoms with Gasteiger partial charge in [0, 0.05) is 25.4 Å². The molecule has 2 heterocycles. The Bertz CT molecular complexity index is 321. The summed E-state index contributed by atoms with van der Waals surface area (Å²) in [5, 5.41) is 0. The fourth-order valence-electron chi connectivity index (χ4n) is 1.82. The lowest BCUT2D eigenvalue weighted by Gasteiger charge is -2.29. The van der Waals surface area contributed by atoms with Crippen LogP contribution in [0.25, 0.3) is 0 Å². The monoisotopic (exact) mass is 255 g/mol. The molecule has 0 radical (unpaired) electrons. The molecule has 1 saturated heterocycles. The quantitative estimate of drug-likeness (QED) is 0.839. The first-order valence-electron chi connectivity index (χ1n) is 4.93. The normalized spacial score (nSPS) is 17.1. The van der Waals surface area contributed by atoms with Crippen LogP contribution < -0.4 is 10.6 Å². The van der Waals surface area contributed by atoms with E-state index in [0.717, 1.165) is 17.6 Å². The first-order chi connectivity index (χ1) is 6.77. The number of aromatic nitrogens is 1. The lowest BCUT2D eigenvalue weighted by molar-refractivity contribution is 0.577. The molecule has 0 bridgehead atoms. The summed E-state index contributed by atoms with van der Waals surface area (Å²) in [7, 11) is 0. The number of pyridine rings is 1. The van der Waals surface area contributed by atoms with Crippen molar-refractivity contribution in [2.24, 2.45) is 0 Å². The largest absolute Gasteiger partial charge is 0.384 e. The summed E-state index contributed by atoms with van der Waals surface area (Å²) in [6.45, 7) is 2.25. The predicted octanol–water partition coefficient (Wildman–Crippen LogP) is 2.42. The van der Waals surface area contributed by atoms with Gasteiger partial charge in [0.05, 0.1) is 10.2 Å². The third-order valence-electron chi connectivity index (χ3n) is 2.55. The van der Waals surface area contributed by atoms with E-state index >= 15 is 0 Å². The van der Waals surface area contributed by atoms with Crippen molar-refractivity contribution in [2.45, 2.75) is 19.3 Å². The lowest BCUT2D eigenvalue weighted by Crippen LogP contribution is -2.29. The van der Waals surface area contributed by atoms with E-state index < -0.39 is 0 Å². The van der Waals surface area contributed by atoms with Crippen LogP contribution in [0.5, 0.6) is 0 Å². The highest BCUT2D eigenvalue weighted by atomic mass is 79.9. The Kier molecular flexibility index (Phi) is 2.91. The standard InChI is InChI=1S/C10H14BrN3/c11-8-7-13-10(12)6-9(8)14-4-2-1-3-5-14/h6-7H,1-5H2,(H2,12,13). The maximum atomic E-state index is 5.68. The zero-order valence-electron chi connectivity index (χ0n) is 8.04. The zero-order valence-corrected chi connectivity index (χ0v) is 9.63. The highest BCUT2D eigenvalue weighted by Gasteiger charge is 2.13. The van der Waals surface area contributed by atoms with Gasteiger partial charge in [-0.15, -0.1) is 0 Å². The molecule has 1 aliphatic heterocycles. The summed E-state index contributed by atoms with van der Waals surface area (Å²) in [5.41, 5.74) is 6.85. The molecule has 1 aromatic heterocycles. The van der Waals surface area contributed by atoms with E-state index in [1.54, 1.807) is 6.20 Å². The Morgan fingerprint density at radius 3 is 2.71 bits per heavy atom. The molecule has 1 aromatic rings. The molecule has 0 spiro atoms. The van der Waals surface area contributed by atoms with Gasteiger partial charge in [-0.05, 0) is 35.2 Å². The molecule has 0 unspecified atom stereocenters. The fourth-order valence-corrected chi connectivity index (χ4v) is 2.29. The Morgan fingerprint density at radius 2 is 2.00 bits per heavy atom. The fraction of sp³-hybridized carbons (Fsp3) is 0.500. The van der Waals surface area contributed by atoms with Gasteiger partial charge in [0.2, 0.25) is 0 Å². The number of hydrogen-bond acceptors (Lipinski definition) is 3. The molecule has 1 fully saturated rings. The lowest BCUT2D eigenvalue weighted by atomic mass is 10.1. The van der Waals surface area contributed by atoms with Crippen LogP contribution in [0.15, 0.2) is 16.7 Å². The number of rotatable bonds is 1. The SMILES string of the molecule is Nc1cc(N2CCCCC2)c(Br)cn1. The van der Waals surface area contributed by atoms with Gasteiger partial charge in [0.1, 0.15) is 5.82 Å². The first-order valence-corrected chi connectivity index (χ1v) is 5.72. The van der Waals surface area contributed by atoms with Crippen molar-refractivity contribution in [3.63, 3.8) is 0 Å². The zero-order chi connectivity index (χ0) is 9.97. The van der Waals surface area contributed by atoms with Gasteiger partial charge < -0.3 is 10.6 Å². The molecule has 76 valence electrons. The van der Waals surface area contributed by atoms with Crippen LogP contribution in [0.2, 0.25) is 0 Å². The maximum Gasteiger partial charge on any atom is 0.125 e. The third-order valence-corrected chi connectivity index (χ3v) is 3.16. The summed E-state index contributed by atoms with van der Waals surface area (Å²) in [6.07, 6.45) is 5.66. The van der Waals surface area contributed by atoms with Gasteiger partial charge in [-0.3, -0.25) is 0 Å². The van der Waals surface area contributed by atoms with Crippen LogP contribution in [0.3, 0.4) is 0 Å². The minimum Gasteiger partial charge on any atom is -0.384 e. The second kappa shape index (κ2) is 4.17. The third kappa shape index (κ3) is 2.00. The van der Waals surface area contributed by atoms with Crippen molar-refractivity contribution in [3.8, 4) is 0 Å². The Balaban J connectivity index is 2.24. The number of hydrogen-bond donors (Lipinski definition) is 1. The molecule has 0 amide bonds. The number of halogens is 1. The first kappa shape index (κ1) is 9.77. The average molecular weight is 256 g/mol. The number of piperidine rings is 1. The van der Waals surface area contributed by atoms with Crippen LogP contribution in [0.1, 0.15) is 19.3 Å². The van der Waals surface area contributed by atoms with Crippen LogP contribution >= 0.6 is 15.9 Å². The van der Waals surface area contributed by atoms with Crippen molar-refractivity contribution < 1.29 is 0 Å². The molecule has 1 aliphatic rings. The molecule has 4 heteroatoms. The average Bonchev–Trinajstić information content (AvgIpc) is 2.23. The molecule has 0 aromatic carbocycles. The topological polar surface area (TPSA) is 42.1 Å². The Morgan fingerprint density at radius 1 is 1.29 bits per heavy atom. The van der Waals surface area contributed by atoms with Gasteiger partial charge in [-0.25, -0.2) is 4.98 Å². The number of nitrogens with two attached hydrogens (primary N) is 1. The molecule has 2 rings (SSSR count). The van der Waals surface area contributed by atoms with Crippen molar-refractivity contribution >= 4 is 27.4 Å². The number of anilines is 2. The summed E-state index contributed by atoms with van der Waals surface area (Å²) in [6, 6.07) is 1.94. The van der Waals surface area contributed by atoms with Gasteiger partial charge in [0.15, 0.2) is 0 Å². The van der Waals surface area contributed by atoms with Crippen molar-refractivity contribution in [2.75, 3.05) is 23.7 Å². The summed E-state index contributed by atoms with van der Waals surface area (Å²) in [5.74, 6) is 0.591. The molecule has 3 nitrogen and oxygen atoms in total. The Labute approximate surface area is 92.4 Å². The van der Waals surface area contributed by atoms with E-state index in [0.29, 0.717) is 5.82 Å². The molecule has 0 saturated carbocycles.